The van der Waals surface area contributed by atoms with E-state index in [1.165, 1.54) is 30.0 Å². The topological polar surface area (TPSA) is 85.4 Å². The van der Waals surface area contributed by atoms with E-state index in [4.69, 9.17) is 26.4 Å². The number of likely N-dealkylation sites (N-methyl/N-ethyl adjacent to an activating group) is 2. The quantitative estimate of drug-likeness (QED) is 0.175. The molecule has 1 aliphatic heterocycles. The molecule has 0 unspecified atom stereocenters. The number of rotatable bonds is 7. The Morgan fingerprint density at radius 1 is 1.10 bits per heavy atom. The van der Waals surface area contributed by atoms with Crippen molar-refractivity contribution in [2.75, 3.05) is 33.9 Å². The van der Waals surface area contributed by atoms with Gasteiger partial charge in [0.25, 0.3) is 11.8 Å². The van der Waals surface area contributed by atoms with Crippen molar-refractivity contribution in [2.45, 2.75) is 13.8 Å². The molecule has 0 bridgehead atoms. The van der Waals surface area contributed by atoms with Crippen molar-refractivity contribution in [3.63, 3.8) is 0 Å². The highest BCUT2D eigenvalue weighted by atomic mass is 127. The highest BCUT2D eigenvalue weighted by Gasteiger charge is 2.35. The van der Waals surface area contributed by atoms with Gasteiger partial charge in [0.05, 0.1) is 16.8 Å². The molecule has 1 aliphatic rings. The lowest BCUT2D eigenvalue weighted by Gasteiger charge is -2.31. The number of esters is 1. The molecular formula is C19H21IN2O6S. The molecule has 10 heteroatoms. The summed E-state index contributed by atoms with van der Waals surface area (Å²) in [6.07, 6.45) is 1.49. The van der Waals surface area contributed by atoms with Gasteiger partial charge in [0.15, 0.2) is 23.2 Å². The summed E-state index contributed by atoms with van der Waals surface area (Å²) < 4.78 is 16.7. The Balaban J connectivity index is 2.40. The first kappa shape index (κ1) is 23.1. The number of carbonyl (C=O) groups is 3. The van der Waals surface area contributed by atoms with E-state index in [-0.39, 0.29) is 23.9 Å². The molecular weight excluding hydrogens is 511 g/mol. The molecule has 0 aliphatic carbocycles. The van der Waals surface area contributed by atoms with Gasteiger partial charge in [-0.2, -0.15) is 0 Å². The Kier molecular flexibility index (Phi) is 7.96. The van der Waals surface area contributed by atoms with E-state index in [2.05, 4.69) is 0 Å². The fraction of sp³-hybridized carbons (Fsp3) is 0.368. The molecule has 0 aromatic heterocycles. The van der Waals surface area contributed by atoms with Gasteiger partial charge in [-0.15, -0.1) is 0 Å². The smallest absolute Gasteiger partial charge is 0.344 e. The maximum atomic E-state index is 12.5. The summed E-state index contributed by atoms with van der Waals surface area (Å²) in [5, 5.41) is 0.143. The molecule has 1 aromatic rings. The second-order valence-electron chi connectivity index (χ2n) is 5.93. The largest absolute Gasteiger partial charge is 0.490 e. The Morgan fingerprint density at radius 2 is 1.72 bits per heavy atom. The third-order valence-electron chi connectivity index (χ3n) is 3.93. The highest BCUT2D eigenvalue weighted by Crippen LogP contribution is 2.35. The summed E-state index contributed by atoms with van der Waals surface area (Å²) in [5.74, 6) is -0.664. The molecule has 1 saturated heterocycles. The number of hydrogen-bond donors (Lipinski definition) is 0. The molecule has 0 spiro atoms. The van der Waals surface area contributed by atoms with Crippen LogP contribution >= 0.6 is 34.8 Å². The zero-order valence-electron chi connectivity index (χ0n) is 16.5. The van der Waals surface area contributed by atoms with E-state index in [1.807, 2.05) is 29.5 Å². The molecule has 1 fully saturated rings. The van der Waals surface area contributed by atoms with E-state index in [0.29, 0.717) is 27.2 Å². The molecule has 0 N–H and O–H groups in total. The van der Waals surface area contributed by atoms with Crippen molar-refractivity contribution in [2.24, 2.45) is 0 Å². The first-order valence-electron chi connectivity index (χ1n) is 8.77. The molecule has 0 saturated carbocycles. The lowest BCUT2D eigenvalue weighted by molar-refractivity contribution is -0.145. The monoisotopic (exact) mass is 532 g/mol. The molecule has 1 aromatic carbocycles. The fourth-order valence-corrected chi connectivity index (χ4v) is 3.50. The van der Waals surface area contributed by atoms with Crippen LogP contribution in [-0.2, 0) is 19.1 Å². The summed E-state index contributed by atoms with van der Waals surface area (Å²) in [6.45, 7) is 3.90. The van der Waals surface area contributed by atoms with Gasteiger partial charge in [-0.05, 0) is 72.4 Å². The Bertz CT molecular complexity index is 860. The second kappa shape index (κ2) is 10.0. The summed E-state index contributed by atoms with van der Waals surface area (Å²) >= 11 is 7.13. The lowest BCUT2D eigenvalue weighted by atomic mass is 10.1. The Hall–Kier alpha value is -2.21. The van der Waals surface area contributed by atoms with Crippen LogP contribution in [0.1, 0.15) is 19.4 Å². The summed E-state index contributed by atoms with van der Waals surface area (Å²) in [4.78, 5) is 39.1. The normalized spacial score (nSPS) is 14.2. The van der Waals surface area contributed by atoms with Crippen LogP contribution in [0.2, 0.25) is 0 Å². The molecule has 0 atom stereocenters. The van der Waals surface area contributed by atoms with Crippen molar-refractivity contribution in [3.05, 3.63) is 26.8 Å². The van der Waals surface area contributed by atoms with Crippen LogP contribution in [0.25, 0.3) is 6.08 Å². The van der Waals surface area contributed by atoms with Crippen molar-refractivity contribution < 1.29 is 28.6 Å². The van der Waals surface area contributed by atoms with Gasteiger partial charge in [-0.3, -0.25) is 19.4 Å². The molecule has 8 nitrogen and oxygen atoms in total. The van der Waals surface area contributed by atoms with E-state index < -0.39 is 17.8 Å². The summed E-state index contributed by atoms with van der Waals surface area (Å²) in [7, 11) is 3.03. The number of benzene rings is 1. The van der Waals surface area contributed by atoms with E-state index in [9.17, 15) is 14.4 Å². The van der Waals surface area contributed by atoms with Gasteiger partial charge < -0.3 is 14.2 Å². The van der Waals surface area contributed by atoms with E-state index in [1.54, 1.807) is 19.1 Å². The summed E-state index contributed by atoms with van der Waals surface area (Å²) in [6, 6.07) is 3.37. The minimum absolute atomic E-state index is 0.0120. The van der Waals surface area contributed by atoms with Crippen molar-refractivity contribution in [1.29, 1.82) is 0 Å². The standard InChI is InChI=1S/C19H21IN2O6S/c1-5-26-14-9-11(8-13(20)16(14)28-10-15(23)27-6-2)7-12-17(24)21(3)19(29)22(4)18(12)25/h7-9H,5-6,10H2,1-4H3. The predicted octanol–water partition coefficient (Wildman–Crippen LogP) is 2.23. The maximum Gasteiger partial charge on any atom is 0.344 e. The van der Waals surface area contributed by atoms with Crippen LogP contribution in [0, 0.1) is 3.57 Å². The molecule has 1 heterocycles. The molecule has 0 radical (unpaired) electrons. The van der Waals surface area contributed by atoms with Crippen LogP contribution in [0.5, 0.6) is 11.5 Å². The van der Waals surface area contributed by atoms with Gasteiger partial charge in [-0.25, -0.2) is 4.79 Å². The lowest BCUT2D eigenvalue weighted by Crippen LogP contribution is -2.52. The van der Waals surface area contributed by atoms with Gasteiger partial charge in [0.1, 0.15) is 5.57 Å². The number of thiocarbonyl (C=S) groups is 1. The molecule has 2 rings (SSSR count). The first-order valence-corrected chi connectivity index (χ1v) is 10.3. The number of nitrogens with zero attached hydrogens (tertiary/aromatic N) is 2. The number of hydrogen-bond acceptors (Lipinski definition) is 7. The Labute approximate surface area is 187 Å². The van der Waals surface area contributed by atoms with Crippen LogP contribution < -0.4 is 9.47 Å². The third kappa shape index (κ3) is 5.24. The van der Waals surface area contributed by atoms with Crippen molar-refractivity contribution in [3.8, 4) is 11.5 Å². The Morgan fingerprint density at radius 3 is 2.28 bits per heavy atom. The first-order chi connectivity index (χ1) is 13.7. The second-order valence-corrected chi connectivity index (χ2v) is 7.45. The van der Waals surface area contributed by atoms with Crippen LogP contribution in [0.15, 0.2) is 17.7 Å². The van der Waals surface area contributed by atoms with Gasteiger partial charge in [0.2, 0.25) is 0 Å². The van der Waals surface area contributed by atoms with Crippen molar-refractivity contribution >= 4 is 63.8 Å². The van der Waals surface area contributed by atoms with Crippen LogP contribution in [0.3, 0.4) is 0 Å². The zero-order chi connectivity index (χ0) is 21.7. The third-order valence-corrected chi connectivity index (χ3v) is 5.28. The zero-order valence-corrected chi connectivity index (χ0v) is 19.5. The van der Waals surface area contributed by atoms with Crippen molar-refractivity contribution in [1.82, 2.24) is 9.80 Å². The summed E-state index contributed by atoms with van der Waals surface area (Å²) in [5.41, 5.74) is 0.565. The highest BCUT2D eigenvalue weighted by molar-refractivity contribution is 14.1. The molecule has 156 valence electrons. The number of carbonyl (C=O) groups excluding carboxylic acids is 3. The van der Waals surface area contributed by atoms with E-state index >= 15 is 0 Å². The van der Waals surface area contributed by atoms with Gasteiger partial charge >= 0.3 is 5.97 Å². The fourth-order valence-electron chi connectivity index (χ4n) is 2.55. The average Bonchev–Trinajstić information content (AvgIpc) is 2.68. The van der Waals surface area contributed by atoms with Gasteiger partial charge in [0, 0.05) is 14.1 Å². The van der Waals surface area contributed by atoms with Gasteiger partial charge in [-0.1, -0.05) is 0 Å². The number of ether oxygens (including phenoxy) is 3. The average molecular weight is 532 g/mol. The minimum atomic E-state index is -0.489. The molecule has 29 heavy (non-hydrogen) atoms. The SMILES string of the molecule is CCOC(=O)COc1c(I)cc(C=C2C(=O)N(C)C(=S)N(C)C2=O)cc1OCC. The molecule has 2 amide bonds. The van der Waals surface area contributed by atoms with E-state index in [0.717, 1.165) is 0 Å². The van der Waals surface area contributed by atoms with Crippen LogP contribution in [-0.4, -0.2) is 66.6 Å². The number of halogens is 1. The maximum absolute atomic E-state index is 12.5. The van der Waals surface area contributed by atoms with Crippen LogP contribution in [0.4, 0.5) is 0 Å². The predicted molar refractivity (Wildman–Crippen MR) is 119 cm³/mol. The minimum Gasteiger partial charge on any atom is -0.490 e. The number of amides is 2.